The van der Waals surface area contributed by atoms with Crippen LogP contribution in [-0.2, 0) is 19.0 Å². The Morgan fingerprint density at radius 3 is 2.25 bits per heavy atom. The molecule has 0 aliphatic carbocycles. The van der Waals surface area contributed by atoms with Crippen LogP contribution < -0.4 is 0 Å². The molecule has 0 aromatic heterocycles. The van der Waals surface area contributed by atoms with E-state index in [1.165, 1.54) is 14.2 Å². The second-order valence-corrected chi connectivity index (χ2v) is 2.07. The molecule has 0 aromatic rings. The Labute approximate surface area is 72.1 Å². The van der Waals surface area contributed by atoms with Crippen molar-refractivity contribution in [2.45, 2.75) is 19.3 Å². The summed E-state index contributed by atoms with van der Waals surface area (Å²) in [4.78, 5) is 10.8. The zero-order chi connectivity index (χ0) is 9.61. The lowest BCUT2D eigenvalue weighted by atomic mass is 10.4. The quantitative estimate of drug-likeness (QED) is 0.355. The lowest BCUT2D eigenvalue weighted by Gasteiger charge is -2.27. The van der Waals surface area contributed by atoms with Crippen LogP contribution in [0.25, 0.3) is 0 Å². The highest BCUT2D eigenvalue weighted by atomic mass is 16.9. The predicted octanol–water partition coefficient (Wildman–Crippen LogP) is 1.07. The van der Waals surface area contributed by atoms with E-state index in [-0.39, 0.29) is 0 Å². The standard InChI is InChI=1S/C8H14O4/c1-5-7(9)12-8(6-2,10-3)11-4/h5H,1,6H2,2-4H3. The van der Waals surface area contributed by atoms with Crippen molar-refractivity contribution in [2.24, 2.45) is 0 Å². The monoisotopic (exact) mass is 174 g/mol. The summed E-state index contributed by atoms with van der Waals surface area (Å²) >= 11 is 0. The van der Waals surface area contributed by atoms with E-state index in [9.17, 15) is 4.79 Å². The Morgan fingerprint density at radius 2 is 2.00 bits per heavy atom. The summed E-state index contributed by atoms with van der Waals surface area (Å²) in [6, 6.07) is 0. The highest BCUT2D eigenvalue weighted by Gasteiger charge is 2.31. The van der Waals surface area contributed by atoms with Crippen molar-refractivity contribution >= 4 is 5.97 Å². The molecule has 4 heteroatoms. The molecule has 0 amide bonds. The van der Waals surface area contributed by atoms with Gasteiger partial charge in [0.05, 0.1) is 0 Å². The van der Waals surface area contributed by atoms with Gasteiger partial charge in [-0.15, -0.1) is 0 Å². The first kappa shape index (κ1) is 11.1. The second-order valence-electron chi connectivity index (χ2n) is 2.07. The molecule has 0 saturated carbocycles. The number of rotatable bonds is 5. The zero-order valence-corrected chi connectivity index (χ0v) is 7.62. The van der Waals surface area contributed by atoms with Gasteiger partial charge in [-0.1, -0.05) is 13.5 Å². The van der Waals surface area contributed by atoms with Crippen LogP contribution in [0.2, 0.25) is 0 Å². The van der Waals surface area contributed by atoms with Crippen LogP contribution in [0.5, 0.6) is 0 Å². The number of carbonyl (C=O) groups excluding carboxylic acids is 1. The van der Waals surface area contributed by atoms with E-state index in [2.05, 4.69) is 6.58 Å². The first-order chi connectivity index (χ1) is 5.64. The van der Waals surface area contributed by atoms with Crippen LogP contribution in [0.1, 0.15) is 13.3 Å². The molecule has 0 N–H and O–H groups in total. The van der Waals surface area contributed by atoms with Gasteiger partial charge < -0.3 is 14.2 Å². The second kappa shape index (κ2) is 4.90. The van der Waals surface area contributed by atoms with Gasteiger partial charge in [-0.05, 0) is 0 Å². The Bertz CT molecular complexity index is 152. The Balaban J connectivity index is 4.29. The summed E-state index contributed by atoms with van der Waals surface area (Å²) in [7, 11) is 2.81. The molecule has 0 fully saturated rings. The van der Waals surface area contributed by atoms with Gasteiger partial charge in [0, 0.05) is 26.7 Å². The molecular weight excluding hydrogens is 160 g/mol. The highest BCUT2D eigenvalue weighted by Crippen LogP contribution is 2.17. The maximum Gasteiger partial charge on any atom is 0.334 e. The van der Waals surface area contributed by atoms with Crippen molar-refractivity contribution < 1.29 is 19.0 Å². The summed E-state index contributed by atoms with van der Waals surface area (Å²) < 4.78 is 14.6. The minimum absolute atomic E-state index is 0.416. The van der Waals surface area contributed by atoms with Crippen molar-refractivity contribution in [3.8, 4) is 0 Å². The van der Waals surface area contributed by atoms with Crippen LogP contribution in [-0.4, -0.2) is 26.2 Å². The number of carbonyl (C=O) groups is 1. The highest BCUT2D eigenvalue weighted by molar-refractivity contribution is 5.81. The van der Waals surface area contributed by atoms with Gasteiger partial charge in [0.25, 0.3) is 0 Å². The molecule has 12 heavy (non-hydrogen) atoms. The van der Waals surface area contributed by atoms with Gasteiger partial charge in [0.1, 0.15) is 0 Å². The normalized spacial score (nSPS) is 10.9. The van der Waals surface area contributed by atoms with Crippen molar-refractivity contribution in [1.29, 1.82) is 0 Å². The Morgan fingerprint density at radius 1 is 1.50 bits per heavy atom. The lowest BCUT2D eigenvalue weighted by molar-refractivity contribution is -0.343. The minimum atomic E-state index is -1.27. The van der Waals surface area contributed by atoms with E-state index in [1.54, 1.807) is 6.92 Å². The van der Waals surface area contributed by atoms with E-state index >= 15 is 0 Å². The molecular formula is C8H14O4. The zero-order valence-electron chi connectivity index (χ0n) is 7.62. The molecule has 0 atom stereocenters. The van der Waals surface area contributed by atoms with Crippen molar-refractivity contribution in [3.63, 3.8) is 0 Å². The molecule has 0 bridgehead atoms. The molecule has 0 saturated heterocycles. The molecule has 0 aromatic carbocycles. The van der Waals surface area contributed by atoms with E-state index in [4.69, 9.17) is 14.2 Å². The summed E-state index contributed by atoms with van der Waals surface area (Å²) in [6.45, 7) is 5.04. The van der Waals surface area contributed by atoms with Crippen molar-refractivity contribution in [3.05, 3.63) is 12.7 Å². The fraction of sp³-hybridized carbons (Fsp3) is 0.625. The first-order valence-corrected chi connectivity index (χ1v) is 3.59. The molecule has 4 nitrogen and oxygen atoms in total. The van der Waals surface area contributed by atoms with Crippen LogP contribution in [0.4, 0.5) is 0 Å². The van der Waals surface area contributed by atoms with Crippen LogP contribution in [0.3, 0.4) is 0 Å². The fourth-order valence-corrected chi connectivity index (χ4v) is 0.722. The number of esters is 1. The van der Waals surface area contributed by atoms with Crippen LogP contribution in [0, 0.1) is 0 Å². The van der Waals surface area contributed by atoms with Gasteiger partial charge >= 0.3 is 11.9 Å². The molecule has 0 heterocycles. The van der Waals surface area contributed by atoms with Crippen molar-refractivity contribution in [2.75, 3.05) is 14.2 Å². The smallest absolute Gasteiger partial charge is 0.334 e. The third-order valence-corrected chi connectivity index (χ3v) is 1.48. The topological polar surface area (TPSA) is 44.8 Å². The maximum atomic E-state index is 10.8. The molecule has 70 valence electrons. The summed E-state index contributed by atoms with van der Waals surface area (Å²) in [5, 5.41) is 0. The summed E-state index contributed by atoms with van der Waals surface area (Å²) in [5.74, 6) is -1.84. The van der Waals surface area contributed by atoms with Crippen LogP contribution in [0.15, 0.2) is 12.7 Å². The third-order valence-electron chi connectivity index (χ3n) is 1.48. The summed E-state index contributed by atoms with van der Waals surface area (Å²) in [5.41, 5.74) is 0. The molecule has 0 rings (SSSR count). The number of ether oxygens (including phenoxy) is 3. The van der Waals surface area contributed by atoms with Gasteiger partial charge in [-0.2, -0.15) is 0 Å². The van der Waals surface area contributed by atoms with Gasteiger partial charge in [-0.3, -0.25) is 0 Å². The Kier molecular flexibility index (Phi) is 4.54. The number of hydrogen-bond acceptors (Lipinski definition) is 4. The Hall–Kier alpha value is -0.870. The van der Waals surface area contributed by atoms with Gasteiger partial charge in [0.15, 0.2) is 0 Å². The molecule has 0 radical (unpaired) electrons. The molecule has 0 aliphatic rings. The average Bonchev–Trinajstić information content (AvgIpc) is 2.14. The average molecular weight is 174 g/mol. The lowest BCUT2D eigenvalue weighted by Crippen LogP contribution is -2.38. The van der Waals surface area contributed by atoms with Gasteiger partial charge in [-0.25, -0.2) is 4.79 Å². The van der Waals surface area contributed by atoms with E-state index in [0.29, 0.717) is 6.42 Å². The SMILES string of the molecule is C=CC(=O)OC(CC)(OC)OC. The minimum Gasteiger partial charge on any atom is -0.405 e. The largest absolute Gasteiger partial charge is 0.405 e. The molecule has 0 unspecified atom stereocenters. The van der Waals surface area contributed by atoms with Crippen molar-refractivity contribution in [1.82, 2.24) is 0 Å². The first-order valence-electron chi connectivity index (χ1n) is 3.59. The van der Waals surface area contributed by atoms with E-state index in [0.717, 1.165) is 6.08 Å². The molecule has 0 aliphatic heterocycles. The van der Waals surface area contributed by atoms with E-state index in [1.807, 2.05) is 0 Å². The predicted molar refractivity (Wildman–Crippen MR) is 43.3 cm³/mol. The third kappa shape index (κ3) is 2.64. The fourth-order valence-electron chi connectivity index (χ4n) is 0.722. The number of methoxy groups -OCH3 is 2. The molecule has 0 spiro atoms. The van der Waals surface area contributed by atoms with Crippen LogP contribution >= 0.6 is 0 Å². The number of hydrogen-bond donors (Lipinski definition) is 0. The van der Waals surface area contributed by atoms with E-state index < -0.39 is 11.9 Å². The summed E-state index contributed by atoms with van der Waals surface area (Å²) in [6.07, 6.45) is 1.47. The maximum absolute atomic E-state index is 10.8. The van der Waals surface area contributed by atoms with Gasteiger partial charge in [0.2, 0.25) is 0 Å².